The Morgan fingerprint density at radius 2 is 1.69 bits per heavy atom. The van der Waals surface area contributed by atoms with E-state index in [-0.39, 0.29) is 5.91 Å². The molecule has 4 aromatic rings. The molecule has 0 aliphatic rings. The van der Waals surface area contributed by atoms with Crippen molar-refractivity contribution in [2.24, 2.45) is 0 Å². The fraction of sp³-hybridized carbons (Fsp3) is 0.160. The van der Waals surface area contributed by atoms with Crippen molar-refractivity contribution < 1.29 is 4.79 Å². The zero-order valence-corrected chi connectivity index (χ0v) is 17.3. The van der Waals surface area contributed by atoms with E-state index in [1.165, 1.54) is 11.1 Å². The predicted octanol–water partition coefficient (Wildman–Crippen LogP) is 6.08. The lowest BCUT2D eigenvalue weighted by molar-refractivity contribution is 0.0954. The van der Waals surface area contributed by atoms with Crippen molar-refractivity contribution in [3.8, 4) is 11.1 Å². The SMILES string of the molecule is Cc1ccc(-c2ccc(C(=O)NCCc3c[nH]c4ccc(Cl)cc34)cc2)cc1C. The number of hydrogen-bond donors (Lipinski definition) is 2. The first-order chi connectivity index (χ1) is 14.0. The summed E-state index contributed by atoms with van der Waals surface area (Å²) < 4.78 is 0. The van der Waals surface area contributed by atoms with Crippen LogP contribution in [0.25, 0.3) is 22.0 Å². The summed E-state index contributed by atoms with van der Waals surface area (Å²) in [6.45, 7) is 4.79. The van der Waals surface area contributed by atoms with Crippen LogP contribution >= 0.6 is 11.6 Å². The van der Waals surface area contributed by atoms with Crippen LogP contribution in [0, 0.1) is 13.8 Å². The van der Waals surface area contributed by atoms with Crippen molar-refractivity contribution in [1.29, 1.82) is 0 Å². The second kappa shape index (κ2) is 8.14. The van der Waals surface area contributed by atoms with Gasteiger partial charge in [-0.15, -0.1) is 0 Å². The molecule has 2 N–H and O–H groups in total. The van der Waals surface area contributed by atoms with Crippen molar-refractivity contribution in [1.82, 2.24) is 10.3 Å². The van der Waals surface area contributed by atoms with Gasteiger partial charge in [-0.1, -0.05) is 41.9 Å². The quantitative estimate of drug-likeness (QED) is 0.417. The monoisotopic (exact) mass is 402 g/mol. The first kappa shape index (κ1) is 19.3. The van der Waals surface area contributed by atoms with E-state index in [9.17, 15) is 4.79 Å². The van der Waals surface area contributed by atoms with Crippen LogP contribution in [0.3, 0.4) is 0 Å². The number of aromatic amines is 1. The molecule has 0 aliphatic heterocycles. The molecule has 4 heteroatoms. The fourth-order valence-electron chi connectivity index (χ4n) is 3.51. The van der Waals surface area contributed by atoms with Gasteiger partial charge in [0, 0.05) is 34.2 Å². The molecule has 4 rings (SSSR count). The van der Waals surface area contributed by atoms with E-state index < -0.39 is 0 Å². The largest absolute Gasteiger partial charge is 0.361 e. The minimum absolute atomic E-state index is 0.0606. The van der Waals surface area contributed by atoms with Crippen LogP contribution in [0.4, 0.5) is 0 Å². The third-order valence-corrected chi connectivity index (χ3v) is 5.63. The molecule has 0 radical (unpaired) electrons. The third kappa shape index (κ3) is 4.20. The van der Waals surface area contributed by atoms with Crippen molar-refractivity contribution in [3.63, 3.8) is 0 Å². The number of carbonyl (C=O) groups excluding carboxylic acids is 1. The fourth-order valence-corrected chi connectivity index (χ4v) is 3.68. The summed E-state index contributed by atoms with van der Waals surface area (Å²) in [7, 11) is 0. The Bertz CT molecular complexity index is 1180. The maximum absolute atomic E-state index is 12.5. The van der Waals surface area contributed by atoms with E-state index in [1.807, 2.05) is 48.7 Å². The van der Waals surface area contributed by atoms with E-state index in [1.54, 1.807) is 0 Å². The molecule has 3 nitrogen and oxygen atoms in total. The summed E-state index contributed by atoms with van der Waals surface area (Å²) in [5, 5.41) is 4.82. The second-order valence-corrected chi connectivity index (χ2v) is 7.82. The number of hydrogen-bond acceptors (Lipinski definition) is 1. The number of amides is 1. The maximum Gasteiger partial charge on any atom is 0.251 e. The summed E-state index contributed by atoms with van der Waals surface area (Å²) in [5.74, 6) is -0.0606. The highest BCUT2D eigenvalue weighted by Gasteiger charge is 2.08. The van der Waals surface area contributed by atoms with Crippen molar-refractivity contribution >= 4 is 28.4 Å². The molecule has 0 bridgehead atoms. The highest BCUT2D eigenvalue weighted by Crippen LogP contribution is 2.24. The predicted molar refractivity (Wildman–Crippen MR) is 121 cm³/mol. The van der Waals surface area contributed by atoms with E-state index in [0.717, 1.165) is 34.0 Å². The molecule has 0 aliphatic carbocycles. The number of aromatic nitrogens is 1. The smallest absolute Gasteiger partial charge is 0.251 e. The van der Waals surface area contributed by atoms with Crippen LogP contribution in [-0.2, 0) is 6.42 Å². The number of benzene rings is 3. The zero-order valence-electron chi connectivity index (χ0n) is 16.6. The zero-order chi connectivity index (χ0) is 20.4. The van der Waals surface area contributed by atoms with E-state index in [4.69, 9.17) is 11.6 Å². The molecule has 1 aromatic heterocycles. The molecular weight excluding hydrogens is 380 g/mol. The van der Waals surface area contributed by atoms with Crippen LogP contribution in [0.2, 0.25) is 5.02 Å². The van der Waals surface area contributed by atoms with E-state index in [2.05, 4.69) is 42.3 Å². The van der Waals surface area contributed by atoms with Crippen molar-refractivity contribution in [2.75, 3.05) is 6.54 Å². The topological polar surface area (TPSA) is 44.9 Å². The lowest BCUT2D eigenvalue weighted by Crippen LogP contribution is -2.25. The number of aryl methyl sites for hydroxylation is 2. The third-order valence-electron chi connectivity index (χ3n) is 5.40. The van der Waals surface area contributed by atoms with Gasteiger partial charge in [0.15, 0.2) is 0 Å². The normalized spacial score (nSPS) is 11.0. The molecule has 0 spiro atoms. The van der Waals surface area contributed by atoms with Gasteiger partial charge in [0.25, 0.3) is 5.91 Å². The molecule has 0 fully saturated rings. The summed E-state index contributed by atoms with van der Waals surface area (Å²) >= 11 is 6.10. The molecule has 0 saturated heterocycles. The minimum Gasteiger partial charge on any atom is -0.361 e. The summed E-state index contributed by atoms with van der Waals surface area (Å²) in [4.78, 5) is 15.7. The van der Waals surface area contributed by atoms with Gasteiger partial charge in [-0.2, -0.15) is 0 Å². The average Bonchev–Trinajstić information content (AvgIpc) is 3.12. The Hall–Kier alpha value is -3.04. The van der Waals surface area contributed by atoms with Gasteiger partial charge in [0.05, 0.1) is 0 Å². The summed E-state index contributed by atoms with van der Waals surface area (Å²) in [6, 6.07) is 20.0. The van der Waals surface area contributed by atoms with Crippen LogP contribution in [-0.4, -0.2) is 17.4 Å². The Balaban J connectivity index is 1.39. The van der Waals surface area contributed by atoms with Crippen LogP contribution < -0.4 is 5.32 Å². The van der Waals surface area contributed by atoms with Crippen LogP contribution in [0.15, 0.2) is 66.9 Å². The molecule has 146 valence electrons. The standard InChI is InChI=1S/C25H23ClN2O/c1-16-3-4-20(13-17(16)2)18-5-7-19(8-6-18)25(29)27-12-11-21-15-28-24-10-9-22(26)14-23(21)24/h3-10,13-15,28H,11-12H2,1-2H3,(H,27,29). The Labute approximate surface area is 175 Å². The second-order valence-electron chi connectivity index (χ2n) is 7.39. The van der Waals surface area contributed by atoms with Crippen molar-refractivity contribution in [2.45, 2.75) is 20.3 Å². The molecule has 0 atom stereocenters. The molecule has 1 heterocycles. The number of rotatable bonds is 5. The summed E-state index contributed by atoms with van der Waals surface area (Å²) in [6.07, 6.45) is 2.72. The molecule has 0 saturated carbocycles. The highest BCUT2D eigenvalue weighted by molar-refractivity contribution is 6.31. The molecule has 0 unspecified atom stereocenters. The number of nitrogens with one attached hydrogen (secondary N) is 2. The summed E-state index contributed by atoms with van der Waals surface area (Å²) in [5.41, 5.74) is 7.69. The van der Waals surface area contributed by atoms with Gasteiger partial charge in [-0.05, 0) is 78.4 Å². The lowest BCUT2D eigenvalue weighted by atomic mass is 9.99. The highest BCUT2D eigenvalue weighted by atomic mass is 35.5. The van der Waals surface area contributed by atoms with Crippen LogP contribution in [0.5, 0.6) is 0 Å². The average molecular weight is 403 g/mol. The van der Waals surface area contributed by atoms with E-state index >= 15 is 0 Å². The Morgan fingerprint density at radius 3 is 2.45 bits per heavy atom. The van der Waals surface area contributed by atoms with Gasteiger partial charge in [-0.3, -0.25) is 4.79 Å². The number of halogens is 1. The number of fused-ring (bicyclic) bond motifs is 1. The lowest BCUT2D eigenvalue weighted by Gasteiger charge is -2.08. The Morgan fingerprint density at radius 1 is 0.931 bits per heavy atom. The van der Waals surface area contributed by atoms with Gasteiger partial charge in [0.1, 0.15) is 0 Å². The minimum atomic E-state index is -0.0606. The first-order valence-electron chi connectivity index (χ1n) is 9.72. The van der Waals surface area contributed by atoms with Gasteiger partial charge < -0.3 is 10.3 Å². The van der Waals surface area contributed by atoms with Crippen LogP contribution in [0.1, 0.15) is 27.0 Å². The molecule has 29 heavy (non-hydrogen) atoms. The van der Waals surface area contributed by atoms with Gasteiger partial charge >= 0.3 is 0 Å². The van der Waals surface area contributed by atoms with Crippen molar-refractivity contribution in [3.05, 3.63) is 94.1 Å². The van der Waals surface area contributed by atoms with Gasteiger partial charge in [0.2, 0.25) is 0 Å². The maximum atomic E-state index is 12.5. The molecular formula is C25H23ClN2O. The molecule has 3 aromatic carbocycles. The number of carbonyl (C=O) groups is 1. The molecule has 1 amide bonds. The van der Waals surface area contributed by atoms with Gasteiger partial charge in [-0.25, -0.2) is 0 Å². The first-order valence-corrected chi connectivity index (χ1v) is 10.1. The van der Waals surface area contributed by atoms with E-state index in [0.29, 0.717) is 17.1 Å². The number of H-pyrrole nitrogens is 1. The Kier molecular flexibility index (Phi) is 5.41.